The molecule has 2 aromatic rings. The van der Waals surface area contributed by atoms with Gasteiger partial charge in [-0.25, -0.2) is 14.6 Å². The van der Waals surface area contributed by atoms with Crippen LogP contribution in [0, 0.1) is 0 Å². The minimum absolute atomic E-state index is 0.205. The van der Waals surface area contributed by atoms with E-state index < -0.39 is 12.1 Å². The minimum atomic E-state index is -0.964. The van der Waals surface area contributed by atoms with Crippen LogP contribution in [0.15, 0.2) is 28.1 Å². The first-order valence-corrected chi connectivity index (χ1v) is 9.94. The number of benzene rings is 1. The van der Waals surface area contributed by atoms with Gasteiger partial charge in [-0.2, -0.15) is 0 Å². The summed E-state index contributed by atoms with van der Waals surface area (Å²) in [4.78, 5) is 28.9. The van der Waals surface area contributed by atoms with Gasteiger partial charge in [0.05, 0.1) is 5.02 Å². The summed E-state index contributed by atoms with van der Waals surface area (Å²) in [5.74, 6) is 0.437. The van der Waals surface area contributed by atoms with Crippen molar-refractivity contribution in [2.75, 3.05) is 18.4 Å². The third kappa shape index (κ3) is 4.66. The number of likely N-dealkylation sites (tertiary alicyclic amines) is 1. The first kappa shape index (κ1) is 18.9. The number of nitrogens with one attached hydrogen (secondary N) is 2. The lowest BCUT2D eigenvalue weighted by Crippen LogP contribution is -2.50. The van der Waals surface area contributed by atoms with Crippen molar-refractivity contribution in [1.29, 1.82) is 0 Å². The topological polar surface area (TPSA) is 94.6 Å². The molecule has 7 nitrogen and oxygen atoms in total. The molecule has 0 bridgehead atoms. The third-order valence-electron chi connectivity index (χ3n) is 3.94. The van der Waals surface area contributed by atoms with Crippen LogP contribution in [0.5, 0.6) is 0 Å². The summed E-state index contributed by atoms with van der Waals surface area (Å²) < 4.78 is 0.806. The predicted molar refractivity (Wildman–Crippen MR) is 105 cm³/mol. The Labute approximate surface area is 167 Å². The maximum Gasteiger partial charge on any atom is 0.407 e. The van der Waals surface area contributed by atoms with Crippen molar-refractivity contribution in [3.63, 3.8) is 0 Å². The molecule has 1 fully saturated rings. The van der Waals surface area contributed by atoms with Crippen LogP contribution in [0.2, 0.25) is 5.02 Å². The normalized spacial score (nSPS) is 17.0. The van der Waals surface area contributed by atoms with Crippen LogP contribution >= 0.6 is 38.9 Å². The molecule has 1 aromatic heterocycles. The van der Waals surface area contributed by atoms with Crippen molar-refractivity contribution in [3.8, 4) is 10.6 Å². The standard InChI is InChI=1S/C16H16BrClN4O3S/c17-11-4-3-9(6-12(11)18)14-20-13(8-26-14)21-15(23)19-10-2-1-5-22(7-10)16(24)25/h3-4,6,8,10H,1-2,5,7H2,(H,24,25)(H2,19,21,23)/t10-/m0/s1. The Morgan fingerprint density at radius 3 is 2.96 bits per heavy atom. The molecule has 1 saturated heterocycles. The number of anilines is 1. The Bertz CT molecular complexity index is 832. The fourth-order valence-electron chi connectivity index (χ4n) is 2.70. The molecule has 1 aromatic carbocycles. The number of nitrogens with zero attached hydrogens (tertiary/aromatic N) is 2. The zero-order valence-electron chi connectivity index (χ0n) is 13.5. The fraction of sp³-hybridized carbons (Fsp3) is 0.312. The number of piperidine rings is 1. The number of rotatable bonds is 3. The van der Waals surface area contributed by atoms with Gasteiger partial charge in [-0.05, 0) is 40.9 Å². The van der Waals surface area contributed by atoms with Gasteiger partial charge in [-0.1, -0.05) is 17.7 Å². The Balaban J connectivity index is 1.59. The number of carbonyl (C=O) groups excluding carboxylic acids is 1. The second kappa shape index (κ2) is 8.24. The number of carbonyl (C=O) groups is 2. The highest BCUT2D eigenvalue weighted by Gasteiger charge is 2.24. The van der Waals surface area contributed by atoms with Crippen LogP contribution < -0.4 is 10.6 Å². The zero-order valence-corrected chi connectivity index (χ0v) is 16.7. The summed E-state index contributed by atoms with van der Waals surface area (Å²) in [6.45, 7) is 0.794. The summed E-state index contributed by atoms with van der Waals surface area (Å²) in [6.07, 6.45) is 0.508. The quantitative estimate of drug-likeness (QED) is 0.630. The average Bonchev–Trinajstić information content (AvgIpc) is 3.05. The lowest BCUT2D eigenvalue weighted by Gasteiger charge is -2.31. The Hall–Kier alpha value is -1.84. The fourth-order valence-corrected chi connectivity index (χ4v) is 3.88. The van der Waals surface area contributed by atoms with E-state index in [1.165, 1.54) is 16.2 Å². The number of thiazole rings is 1. The van der Waals surface area contributed by atoms with Crippen molar-refractivity contribution in [3.05, 3.63) is 33.1 Å². The van der Waals surface area contributed by atoms with Gasteiger partial charge in [-0.3, -0.25) is 5.32 Å². The molecule has 26 heavy (non-hydrogen) atoms. The molecule has 1 aliphatic rings. The Kier molecular flexibility index (Phi) is 6.00. The molecule has 2 heterocycles. The minimum Gasteiger partial charge on any atom is -0.465 e. The number of carboxylic acid groups (broad SMARTS) is 1. The molecule has 0 spiro atoms. The van der Waals surface area contributed by atoms with E-state index in [0.717, 1.165) is 27.9 Å². The van der Waals surface area contributed by atoms with E-state index in [1.807, 2.05) is 12.1 Å². The highest BCUT2D eigenvalue weighted by Crippen LogP contribution is 2.31. The summed E-state index contributed by atoms with van der Waals surface area (Å²) >= 11 is 10.8. The van der Waals surface area contributed by atoms with E-state index in [1.54, 1.807) is 11.4 Å². The van der Waals surface area contributed by atoms with E-state index in [4.69, 9.17) is 16.7 Å². The van der Waals surface area contributed by atoms with Crippen LogP contribution in [0.3, 0.4) is 0 Å². The van der Waals surface area contributed by atoms with Gasteiger partial charge in [0.1, 0.15) is 10.8 Å². The maximum absolute atomic E-state index is 12.2. The van der Waals surface area contributed by atoms with E-state index >= 15 is 0 Å². The lowest BCUT2D eigenvalue weighted by molar-refractivity contribution is 0.127. The van der Waals surface area contributed by atoms with Gasteiger partial charge < -0.3 is 15.3 Å². The largest absolute Gasteiger partial charge is 0.465 e. The highest BCUT2D eigenvalue weighted by atomic mass is 79.9. The number of hydrogen-bond donors (Lipinski definition) is 3. The first-order chi connectivity index (χ1) is 12.4. The molecule has 0 unspecified atom stereocenters. The van der Waals surface area contributed by atoms with E-state index in [0.29, 0.717) is 23.9 Å². The van der Waals surface area contributed by atoms with Gasteiger partial charge in [0.2, 0.25) is 0 Å². The molecular weight excluding hydrogens is 444 g/mol. The third-order valence-corrected chi connectivity index (χ3v) is 6.06. The molecule has 0 aliphatic carbocycles. The lowest BCUT2D eigenvalue weighted by atomic mass is 10.1. The maximum atomic E-state index is 12.2. The summed E-state index contributed by atoms with van der Waals surface area (Å²) in [5, 5.41) is 17.6. The zero-order chi connectivity index (χ0) is 18.7. The van der Waals surface area contributed by atoms with Crippen LogP contribution in [-0.2, 0) is 0 Å². The van der Waals surface area contributed by atoms with E-state index in [-0.39, 0.29) is 6.04 Å². The van der Waals surface area contributed by atoms with Crippen LogP contribution in [0.4, 0.5) is 15.4 Å². The van der Waals surface area contributed by atoms with Gasteiger partial charge in [-0.15, -0.1) is 11.3 Å². The van der Waals surface area contributed by atoms with Gasteiger partial charge in [0, 0.05) is 34.5 Å². The number of amides is 3. The number of halogens is 2. The molecule has 3 amide bonds. The molecule has 1 aliphatic heterocycles. The monoisotopic (exact) mass is 458 g/mol. The molecular formula is C16H16BrClN4O3S. The van der Waals surface area contributed by atoms with Crippen LogP contribution in [0.1, 0.15) is 12.8 Å². The molecule has 0 saturated carbocycles. The van der Waals surface area contributed by atoms with Crippen molar-refractivity contribution in [2.24, 2.45) is 0 Å². The van der Waals surface area contributed by atoms with Crippen molar-refractivity contribution in [1.82, 2.24) is 15.2 Å². The van der Waals surface area contributed by atoms with Crippen molar-refractivity contribution >= 4 is 56.8 Å². The second-order valence-electron chi connectivity index (χ2n) is 5.83. The second-order valence-corrected chi connectivity index (χ2v) is 7.95. The Morgan fingerprint density at radius 1 is 1.42 bits per heavy atom. The summed E-state index contributed by atoms with van der Waals surface area (Å²) in [7, 11) is 0. The number of hydrogen-bond acceptors (Lipinski definition) is 4. The highest BCUT2D eigenvalue weighted by molar-refractivity contribution is 9.10. The van der Waals surface area contributed by atoms with E-state index in [2.05, 4.69) is 31.5 Å². The van der Waals surface area contributed by atoms with Gasteiger partial charge >= 0.3 is 12.1 Å². The molecule has 0 radical (unpaired) electrons. The first-order valence-electron chi connectivity index (χ1n) is 7.88. The molecule has 3 rings (SSSR count). The van der Waals surface area contributed by atoms with Crippen molar-refractivity contribution < 1.29 is 14.7 Å². The molecule has 1 atom stereocenters. The predicted octanol–water partition coefficient (Wildman–Crippen LogP) is 4.49. The summed E-state index contributed by atoms with van der Waals surface area (Å²) in [6, 6.07) is 4.94. The van der Waals surface area contributed by atoms with Crippen LogP contribution in [-0.4, -0.2) is 46.2 Å². The van der Waals surface area contributed by atoms with Gasteiger partial charge in [0.15, 0.2) is 0 Å². The van der Waals surface area contributed by atoms with Crippen LogP contribution in [0.25, 0.3) is 10.6 Å². The summed E-state index contributed by atoms with van der Waals surface area (Å²) in [5.41, 5.74) is 0.862. The molecule has 10 heteroatoms. The van der Waals surface area contributed by atoms with Crippen molar-refractivity contribution in [2.45, 2.75) is 18.9 Å². The average molecular weight is 460 g/mol. The van der Waals surface area contributed by atoms with Gasteiger partial charge in [0.25, 0.3) is 0 Å². The molecule has 138 valence electrons. The Morgan fingerprint density at radius 2 is 2.23 bits per heavy atom. The van der Waals surface area contributed by atoms with E-state index in [9.17, 15) is 9.59 Å². The smallest absolute Gasteiger partial charge is 0.407 e. The molecule has 3 N–H and O–H groups in total. The SMILES string of the molecule is O=C(Nc1csc(-c2ccc(Br)c(Cl)c2)n1)N[C@H]1CCCN(C(=O)O)C1. The number of urea groups is 1. The number of aromatic nitrogens is 1.